The molecule has 1 amide bonds. The van der Waals surface area contributed by atoms with Crippen LogP contribution in [0.1, 0.15) is 18.2 Å². The molecule has 3 heterocycles. The van der Waals surface area contributed by atoms with Gasteiger partial charge < -0.3 is 9.80 Å². The van der Waals surface area contributed by atoms with Gasteiger partial charge in [0.15, 0.2) is 0 Å². The molecule has 1 fully saturated rings. The minimum Gasteiger partial charge on any atom is -0.353 e. The normalized spacial score (nSPS) is 15.0. The number of halogens is 3. The lowest BCUT2D eigenvalue weighted by Gasteiger charge is -2.35. The molecule has 1 aliphatic heterocycles. The van der Waals surface area contributed by atoms with Crippen LogP contribution in [0.3, 0.4) is 0 Å². The maximum Gasteiger partial charge on any atom is 0.417 e. The van der Waals surface area contributed by atoms with E-state index in [1.807, 2.05) is 11.8 Å². The van der Waals surface area contributed by atoms with Crippen molar-refractivity contribution in [3.63, 3.8) is 0 Å². The number of rotatable bonds is 4. The van der Waals surface area contributed by atoms with Gasteiger partial charge in [-0.05, 0) is 18.6 Å². The van der Waals surface area contributed by atoms with Crippen molar-refractivity contribution >= 4 is 11.7 Å². The summed E-state index contributed by atoms with van der Waals surface area (Å²) in [7, 11) is 0. The van der Waals surface area contributed by atoms with Gasteiger partial charge in [0.25, 0.3) is 5.56 Å². The molecule has 0 aromatic carbocycles. The molecule has 1 aliphatic rings. The molecule has 7 nitrogen and oxygen atoms in total. The highest BCUT2D eigenvalue weighted by atomic mass is 19.4. The molecule has 150 valence electrons. The number of carbonyl (C=O) groups is 1. The molecule has 0 radical (unpaired) electrons. The van der Waals surface area contributed by atoms with Crippen molar-refractivity contribution in [2.45, 2.75) is 26.1 Å². The number of aromatic nitrogens is 3. The number of anilines is 1. The molecule has 0 unspecified atom stereocenters. The fourth-order valence-electron chi connectivity index (χ4n) is 2.95. The first kappa shape index (κ1) is 19.8. The first-order valence-corrected chi connectivity index (χ1v) is 8.89. The van der Waals surface area contributed by atoms with E-state index in [2.05, 4.69) is 9.97 Å². The van der Waals surface area contributed by atoms with Gasteiger partial charge in [-0.1, -0.05) is 6.92 Å². The molecule has 0 saturated carbocycles. The van der Waals surface area contributed by atoms with E-state index in [0.29, 0.717) is 44.1 Å². The maximum absolute atomic E-state index is 12.6. The predicted molar refractivity (Wildman–Crippen MR) is 95.9 cm³/mol. The molecule has 1 saturated heterocycles. The summed E-state index contributed by atoms with van der Waals surface area (Å²) >= 11 is 0. The van der Waals surface area contributed by atoms with Crippen LogP contribution in [0.15, 0.2) is 35.5 Å². The van der Waals surface area contributed by atoms with Gasteiger partial charge in [0, 0.05) is 44.1 Å². The molecule has 0 bridgehead atoms. The van der Waals surface area contributed by atoms with E-state index < -0.39 is 11.7 Å². The van der Waals surface area contributed by atoms with E-state index in [1.165, 1.54) is 23.0 Å². The minimum absolute atomic E-state index is 0.0889. The van der Waals surface area contributed by atoms with Gasteiger partial charge in [0.05, 0.1) is 11.9 Å². The second-order valence-corrected chi connectivity index (χ2v) is 6.47. The number of amides is 1. The van der Waals surface area contributed by atoms with E-state index in [9.17, 15) is 22.8 Å². The van der Waals surface area contributed by atoms with Crippen molar-refractivity contribution in [2.75, 3.05) is 31.1 Å². The molecule has 0 aliphatic carbocycles. The van der Waals surface area contributed by atoms with Crippen LogP contribution in [0.4, 0.5) is 19.0 Å². The Balaban J connectivity index is 1.57. The van der Waals surface area contributed by atoms with Gasteiger partial charge in [-0.3, -0.25) is 14.2 Å². The maximum atomic E-state index is 12.6. The molecule has 10 heteroatoms. The van der Waals surface area contributed by atoms with E-state index in [-0.39, 0.29) is 18.0 Å². The predicted octanol–water partition coefficient (Wildman–Crippen LogP) is 1.57. The largest absolute Gasteiger partial charge is 0.417 e. The number of alkyl halides is 3. The molecular weight excluding hydrogens is 375 g/mol. The SMILES string of the molecule is CCc1cc(=O)n(CC(=O)N2CCN(c3ccc(C(F)(F)F)cn3)CC2)cn1. The number of nitrogens with zero attached hydrogens (tertiary/aromatic N) is 5. The summed E-state index contributed by atoms with van der Waals surface area (Å²) in [5.41, 5.74) is -0.391. The quantitative estimate of drug-likeness (QED) is 0.786. The van der Waals surface area contributed by atoms with Gasteiger partial charge in [-0.15, -0.1) is 0 Å². The van der Waals surface area contributed by atoms with Crippen LogP contribution in [-0.4, -0.2) is 51.5 Å². The zero-order valence-electron chi connectivity index (χ0n) is 15.3. The second-order valence-electron chi connectivity index (χ2n) is 6.47. The van der Waals surface area contributed by atoms with Crippen LogP contribution >= 0.6 is 0 Å². The van der Waals surface area contributed by atoms with Gasteiger partial charge >= 0.3 is 6.18 Å². The van der Waals surface area contributed by atoms with Gasteiger partial charge in [0.2, 0.25) is 5.91 Å². The third kappa shape index (κ3) is 4.49. The number of piperazine rings is 1. The van der Waals surface area contributed by atoms with Crippen LogP contribution in [0.25, 0.3) is 0 Å². The highest BCUT2D eigenvalue weighted by molar-refractivity contribution is 5.76. The van der Waals surface area contributed by atoms with Crippen LogP contribution in [0, 0.1) is 0 Å². The molecule has 0 spiro atoms. The summed E-state index contributed by atoms with van der Waals surface area (Å²) in [5.74, 6) is 0.240. The monoisotopic (exact) mass is 395 g/mol. The summed E-state index contributed by atoms with van der Waals surface area (Å²) in [5, 5.41) is 0. The number of carbonyl (C=O) groups excluding carboxylic acids is 1. The Morgan fingerprint density at radius 2 is 1.86 bits per heavy atom. The Bertz CT molecular complexity index is 887. The Kier molecular flexibility index (Phi) is 5.66. The van der Waals surface area contributed by atoms with E-state index in [4.69, 9.17) is 0 Å². The lowest BCUT2D eigenvalue weighted by Crippen LogP contribution is -2.50. The average molecular weight is 395 g/mol. The third-order valence-corrected chi connectivity index (χ3v) is 4.64. The Morgan fingerprint density at radius 3 is 2.39 bits per heavy atom. The topological polar surface area (TPSA) is 71.3 Å². The lowest BCUT2D eigenvalue weighted by molar-refractivity contribution is -0.138. The molecule has 28 heavy (non-hydrogen) atoms. The molecule has 0 atom stereocenters. The zero-order chi connectivity index (χ0) is 20.3. The fraction of sp³-hybridized carbons (Fsp3) is 0.444. The second kappa shape index (κ2) is 7.99. The fourth-order valence-corrected chi connectivity index (χ4v) is 2.95. The Morgan fingerprint density at radius 1 is 1.14 bits per heavy atom. The van der Waals surface area contributed by atoms with E-state index in [1.54, 1.807) is 4.90 Å². The van der Waals surface area contributed by atoms with E-state index >= 15 is 0 Å². The molecule has 0 N–H and O–H groups in total. The standard InChI is InChI=1S/C18H20F3N5O2/c1-2-14-9-16(27)26(12-23-14)11-17(28)25-7-5-24(6-8-25)15-4-3-13(10-22-15)18(19,20)21/h3-4,9-10,12H,2,5-8,11H2,1H3. The number of hydrogen-bond donors (Lipinski definition) is 0. The highest BCUT2D eigenvalue weighted by Gasteiger charge is 2.31. The first-order valence-electron chi connectivity index (χ1n) is 8.89. The number of pyridine rings is 1. The van der Waals surface area contributed by atoms with Crippen LogP contribution in [-0.2, 0) is 23.9 Å². The molecule has 2 aromatic heterocycles. The summed E-state index contributed by atoms with van der Waals surface area (Å²) in [4.78, 5) is 35.9. The number of hydrogen-bond acceptors (Lipinski definition) is 5. The lowest BCUT2D eigenvalue weighted by atomic mass is 10.2. The van der Waals surface area contributed by atoms with Crippen molar-refractivity contribution in [2.24, 2.45) is 0 Å². The average Bonchev–Trinajstić information content (AvgIpc) is 2.69. The Hall–Kier alpha value is -2.91. The van der Waals surface area contributed by atoms with Crippen molar-refractivity contribution in [3.8, 4) is 0 Å². The molecule has 2 aromatic rings. The summed E-state index contributed by atoms with van der Waals surface area (Å²) < 4.78 is 39.1. The highest BCUT2D eigenvalue weighted by Crippen LogP contribution is 2.29. The van der Waals surface area contributed by atoms with Crippen LogP contribution < -0.4 is 10.5 Å². The first-order chi connectivity index (χ1) is 13.3. The summed E-state index contributed by atoms with van der Waals surface area (Å²) in [6.45, 7) is 3.50. The van der Waals surface area contributed by atoms with Gasteiger partial charge in [-0.25, -0.2) is 9.97 Å². The summed E-state index contributed by atoms with van der Waals surface area (Å²) in [6.07, 6.45) is -1.59. The van der Waals surface area contributed by atoms with Gasteiger partial charge in [-0.2, -0.15) is 13.2 Å². The molecule has 3 rings (SSSR count). The summed E-state index contributed by atoms with van der Waals surface area (Å²) in [6, 6.07) is 3.75. The Labute approximate surface area is 159 Å². The van der Waals surface area contributed by atoms with Crippen molar-refractivity contribution in [3.05, 3.63) is 52.3 Å². The van der Waals surface area contributed by atoms with Crippen LogP contribution in [0.2, 0.25) is 0 Å². The van der Waals surface area contributed by atoms with Gasteiger partial charge in [0.1, 0.15) is 12.4 Å². The smallest absolute Gasteiger partial charge is 0.353 e. The molecular formula is C18H20F3N5O2. The van der Waals surface area contributed by atoms with Crippen molar-refractivity contribution < 1.29 is 18.0 Å². The third-order valence-electron chi connectivity index (χ3n) is 4.64. The van der Waals surface area contributed by atoms with E-state index in [0.717, 1.165) is 12.3 Å². The van der Waals surface area contributed by atoms with Crippen molar-refractivity contribution in [1.29, 1.82) is 0 Å². The minimum atomic E-state index is -4.42. The van der Waals surface area contributed by atoms with Crippen molar-refractivity contribution in [1.82, 2.24) is 19.4 Å². The van der Waals surface area contributed by atoms with Crippen LogP contribution in [0.5, 0.6) is 0 Å². The zero-order valence-corrected chi connectivity index (χ0v) is 15.3. The number of aryl methyl sites for hydroxylation is 1.